The quantitative estimate of drug-likeness (QED) is 0.296. The molecule has 3 N–H and O–H groups in total. The normalized spacial score (nSPS) is 15.2. The zero-order valence-corrected chi connectivity index (χ0v) is 21.9. The van der Waals surface area contributed by atoms with Gasteiger partial charge in [0.25, 0.3) is 5.56 Å². The van der Waals surface area contributed by atoms with Crippen molar-refractivity contribution in [1.29, 1.82) is 0 Å². The van der Waals surface area contributed by atoms with E-state index >= 15 is 4.39 Å². The van der Waals surface area contributed by atoms with Crippen LogP contribution in [0.15, 0.2) is 65.8 Å². The SMILES string of the molecule is Nc1cc(-c2cccc(-n3ccc4cc(C5CC5)cc(F)c4c3=O)c2CO)nc(Cc2cnn(CC3CC3)c2)n1. The van der Waals surface area contributed by atoms with Crippen molar-refractivity contribution in [1.82, 2.24) is 24.3 Å². The summed E-state index contributed by atoms with van der Waals surface area (Å²) in [7, 11) is 0. The summed E-state index contributed by atoms with van der Waals surface area (Å²) in [4.78, 5) is 22.7. The third kappa shape index (κ3) is 4.66. The largest absolute Gasteiger partial charge is 0.392 e. The van der Waals surface area contributed by atoms with E-state index in [0.29, 0.717) is 51.9 Å². The van der Waals surface area contributed by atoms with Crippen LogP contribution < -0.4 is 11.3 Å². The average molecular weight is 537 g/mol. The van der Waals surface area contributed by atoms with Gasteiger partial charge in [0.15, 0.2) is 0 Å². The van der Waals surface area contributed by atoms with Crippen molar-refractivity contribution in [3.05, 3.63) is 99.7 Å². The van der Waals surface area contributed by atoms with E-state index in [0.717, 1.165) is 36.4 Å². The molecular formula is C31H29FN6O2. The first-order valence-electron chi connectivity index (χ1n) is 13.7. The number of pyridine rings is 1. The number of aliphatic hydroxyl groups excluding tert-OH is 1. The molecule has 0 saturated heterocycles. The fourth-order valence-corrected chi connectivity index (χ4v) is 5.48. The van der Waals surface area contributed by atoms with Crippen molar-refractivity contribution < 1.29 is 9.50 Å². The highest BCUT2D eigenvalue weighted by Crippen LogP contribution is 2.41. The van der Waals surface area contributed by atoms with E-state index in [9.17, 15) is 9.90 Å². The number of rotatable bonds is 8. The molecule has 0 aliphatic heterocycles. The number of aromatic nitrogens is 5. The van der Waals surface area contributed by atoms with Gasteiger partial charge < -0.3 is 10.8 Å². The van der Waals surface area contributed by atoms with Gasteiger partial charge in [-0.2, -0.15) is 5.10 Å². The van der Waals surface area contributed by atoms with Crippen molar-refractivity contribution in [2.24, 2.45) is 5.92 Å². The molecule has 0 atom stereocenters. The number of anilines is 1. The van der Waals surface area contributed by atoms with E-state index in [1.165, 1.54) is 23.5 Å². The summed E-state index contributed by atoms with van der Waals surface area (Å²) in [6, 6.07) is 12.1. The minimum absolute atomic E-state index is 0.0389. The van der Waals surface area contributed by atoms with Crippen LogP contribution in [0.3, 0.4) is 0 Å². The Morgan fingerprint density at radius 2 is 1.93 bits per heavy atom. The van der Waals surface area contributed by atoms with Gasteiger partial charge in [-0.1, -0.05) is 18.2 Å². The minimum atomic E-state index is -0.519. The van der Waals surface area contributed by atoms with E-state index in [2.05, 4.69) is 10.1 Å². The molecule has 9 heteroatoms. The first kappa shape index (κ1) is 24.7. The van der Waals surface area contributed by atoms with Gasteiger partial charge in [0.2, 0.25) is 0 Å². The van der Waals surface area contributed by atoms with Gasteiger partial charge in [0, 0.05) is 42.6 Å². The van der Waals surface area contributed by atoms with Crippen molar-refractivity contribution >= 4 is 16.6 Å². The summed E-state index contributed by atoms with van der Waals surface area (Å²) >= 11 is 0. The molecule has 0 amide bonds. The van der Waals surface area contributed by atoms with Crippen LogP contribution in [0.1, 0.15) is 54.1 Å². The Hall–Kier alpha value is -4.37. The van der Waals surface area contributed by atoms with E-state index in [1.807, 2.05) is 29.2 Å². The second-order valence-electron chi connectivity index (χ2n) is 11.0. The van der Waals surface area contributed by atoms with Crippen LogP contribution in [0.25, 0.3) is 27.7 Å². The molecule has 0 radical (unpaired) electrons. The van der Waals surface area contributed by atoms with Crippen molar-refractivity contribution in [3.8, 4) is 16.9 Å². The standard InChI is InChI=1S/C31H29FN6O2/c32-25-12-22(20-6-7-20)11-21-8-9-38(31(40)30(21)25)27-3-1-2-23(24(27)17-39)26-13-28(33)36-29(35-26)10-19-14-34-37(16-19)15-18-4-5-18/h1-3,8-9,11-14,16,18,20,39H,4-7,10,15,17H2,(H2,33,35,36). The number of benzene rings is 2. The molecule has 3 aromatic heterocycles. The smallest absolute Gasteiger partial charge is 0.265 e. The maximum Gasteiger partial charge on any atom is 0.265 e. The zero-order valence-electron chi connectivity index (χ0n) is 21.9. The van der Waals surface area contributed by atoms with Crippen LogP contribution in [-0.4, -0.2) is 29.4 Å². The highest BCUT2D eigenvalue weighted by Gasteiger charge is 2.26. The molecule has 3 heterocycles. The topological polar surface area (TPSA) is 112 Å². The summed E-state index contributed by atoms with van der Waals surface area (Å²) < 4.78 is 18.5. The van der Waals surface area contributed by atoms with Gasteiger partial charge in [-0.3, -0.25) is 14.0 Å². The molecule has 5 aromatic rings. The third-order valence-electron chi connectivity index (χ3n) is 7.86. The van der Waals surface area contributed by atoms with Gasteiger partial charge >= 0.3 is 0 Å². The summed E-state index contributed by atoms with van der Waals surface area (Å²) in [5.74, 6) is 1.42. The monoisotopic (exact) mass is 536 g/mol. The number of halogens is 1. The number of hydrogen-bond donors (Lipinski definition) is 2. The fourth-order valence-electron chi connectivity index (χ4n) is 5.48. The number of fused-ring (bicyclic) bond motifs is 1. The van der Waals surface area contributed by atoms with Crippen molar-refractivity contribution in [3.63, 3.8) is 0 Å². The molecular weight excluding hydrogens is 507 g/mol. The van der Waals surface area contributed by atoms with Crippen LogP contribution in [0.4, 0.5) is 10.2 Å². The zero-order chi connectivity index (χ0) is 27.4. The maximum atomic E-state index is 15.2. The predicted octanol–water partition coefficient (Wildman–Crippen LogP) is 4.74. The molecule has 0 unspecified atom stereocenters. The molecule has 7 rings (SSSR count). The first-order valence-corrected chi connectivity index (χ1v) is 13.7. The summed E-state index contributed by atoms with van der Waals surface area (Å²) in [5, 5.41) is 15.5. The van der Waals surface area contributed by atoms with E-state index in [4.69, 9.17) is 10.7 Å². The Morgan fingerprint density at radius 1 is 1.07 bits per heavy atom. The lowest BCUT2D eigenvalue weighted by atomic mass is 10.0. The van der Waals surface area contributed by atoms with Gasteiger partial charge in [0.05, 0.1) is 29.6 Å². The van der Waals surface area contributed by atoms with Crippen LogP contribution >= 0.6 is 0 Å². The second-order valence-corrected chi connectivity index (χ2v) is 11.0. The van der Waals surface area contributed by atoms with Gasteiger partial charge in [-0.15, -0.1) is 0 Å². The lowest BCUT2D eigenvalue weighted by Gasteiger charge is -2.16. The van der Waals surface area contributed by atoms with Crippen LogP contribution in [0.5, 0.6) is 0 Å². The molecule has 2 aliphatic carbocycles. The second kappa shape index (κ2) is 9.67. The number of hydrogen-bond acceptors (Lipinski definition) is 6. The Morgan fingerprint density at radius 3 is 2.70 bits per heavy atom. The number of aliphatic hydroxyl groups is 1. The minimum Gasteiger partial charge on any atom is -0.392 e. The lowest BCUT2D eigenvalue weighted by Crippen LogP contribution is -2.20. The van der Waals surface area contributed by atoms with Gasteiger partial charge in [-0.05, 0) is 72.2 Å². The third-order valence-corrected chi connectivity index (χ3v) is 7.86. The number of nitrogen functional groups attached to an aromatic ring is 1. The summed E-state index contributed by atoms with van der Waals surface area (Å²) in [5.41, 5.74) is 9.73. The van der Waals surface area contributed by atoms with Crippen LogP contribution in [0, 0.1) is 11.7 Å². The molecule has 2 aromatic carbocycles. The first-order chi connectivity index (χ1) is 19.5. The van der Waals surface area contributed by atoms with E-state index in [1.54, 1.807) is 30.5 Å². The molecule has 8 nitrogen and oxygen atoms in total. The molecule has 2 aliphatic rings. The summed E-state index contributed by atoms with van der Waals surface area (Å²) in [6.45, 7) is 0.571. The highest BCUT2D eigenvalue weighted by molar-refractivity contribution is 5.83. The molecule has 2 fully saturated rings. The van der Waals surface area contributed by atoms with Gasteiger partial charge in [0.1, 0.15) is 17.5 Å². The predicted molar refractivity (Wildman–Crippen MR) is 151 cm³/mol. The van der Waals surface area contributed by atoms with Crippen LogP contribution in [0.2, 0.25) is 0 Å². The Bertz CT molecular complexity index is 1820. The fraction of sp³-hybridized carbons (Fsp3) is 0.290. The molecule has 0 bridgehead atoms. The molecule has 0 spiro atoms. The van der Waals surface area contributed by atoms with E-state index < -0.39 is 11.4 Å². The Balaban J connectivity index is 1.26. The lowest BCUT2D eigenvalue weighted by molar-refractivity contribution is 0.282. The highest BCUT2D eigenvalue weighted by atomic mass is 19.1. The van der Waals surface area contributed by atoms with Crippen LogP contribution in [-0.2, 0) is 19.6 Å². The molecule has 2 saturated carbocycles. The van der Waals surface area contributed by atoms with Crippen molar-refractivity contribution in [2.75, 3.05) is 5.73 Å². The molecule has 40 heavy (non-hydrogen) atoms. The summed E-state index contributed by atoms with van der Waals surface area (Å²) in [6.07, 6.45) is 10.6. The number of nitrogens with zero attached hydrogens (tertiary/aromatic N) is 5. The maximum absolute atomic E-state index is 15.2. The average Bonchev–Trinajstić information content (AvgIpc) is 3.87. The van der Waals surface area contributed by atoms with Crippen molar-refractivity contribution in [2.45, 2.75) is 51.2 Å². The molecule has 202 valence electrons. The Labute approximate surface area is 229 Å². The number of nitrogens with two attached hydrogens (primary N) is 1. The Kier molecular flexibility index (Phi) is 5.96. The van der Waals surface area contributed by atoms with E-state index in [-0.39, 0.29) is 12.0 Å². The van der Waals surface area contributed by atoms with Gasteiger partial charge in [-0.25, -0.2) is 14.4 Å².